The smallest absolute Gasteiger partial charge is 0.237 e. The molecular weight excluding hydrogens is 254 g/mol. The Balaban J connectivity index is 2.28. The summed E-state index contributed by atoms with van der Waals surface area (Å²) in [6, 6.07) is 3.77. The number of hydrogen-bond acceptors (Lipinski definition) is 4. The van der Waals surface area contributed by atoms with Crippen molar-refractivity contribution in [2.75, 3.05) is 13.6 Å². The van der Waals surface area contributed by atoms with Crippen molar-refractivity contribution in [1.82, 2.24) is 10.2 Å². The molecule has 1 amide bonds. The van der Waals surface area contributed by atoms with Gasteiger partial charge in [-0.3, -0.25) is 9.69 Å². The van der Waals surface area contributed by atoms with E-state index in [9.17, 15) is 4.79 Å². The van der Waals surface area contributed by atoms with Gasteiger partial charge >= 0.3 is 0 Å². The van der Waals surface area contributed by atoms with Crippen LogP contribution in [0, 0.1) is 6.92 Å². The Morgan fingerprint density at radius 3 is 2.90 bits per heavy atom. The SMILES string of the molecule is CCC(N)C(c1ccc(C)o1)N1CCCC1C(=O)NC. The standard InChI is InChI=1S/C15H25N3O2/c1-4-11(16)14(13-8-7-10(2)20-13)18-9-5-6-12(18)15(19)17-3/h7-8,11-12,14H,4-6,9,16H2,1-3H3,(H,17,19). The second-order valence-corrected chi connectivity index (χ2v) is 5.48. The lowest BCUT2D eigenvalue weighted by atomic mass is 10.0. The van der Waals surface area contributed by atoms with Crippen LogP contribution in [0.2, 0.25) is 0 Å². The van der Waals surface area contributed by atoms with Crippen LogP contribution in [0.15, 0.2) is 16.5 Å². The van der Waals surface area contributed by atoms with E-state index in [4.69, 9.17) is 10.2 Å². The normalized spacial score (nSPS) is 22.7. The molecule has 0 spiro atoms. The fourth-order valence-corrected chi connectivity index (χ4v) is 3.03. The number of aryl methyl sites for hydroxylation is 1. The van der Waals surface area contributed by atoms with Crippen molar-refractivity contribution in [3.05, 3.63) is 23.7 Å². The van der Waals surface area contributed by atoms with Crippen LogP contribution in [0.3, 0.4) is 0 Å². The largest absolute Gasteiger partial charge is 0.465 e. The van der Waals surface area contributed by atoms with Crippen LogP contribution < -0.4 is 11.1 Å². The van der Waals surface area contributed by atoms with Crippen LogP contribution in [0.4, 0.5) is 0 Å². The molecule has 0 aliphatic carbocycles. The van der Waals surface area contributed by atoms with Gasteiger partial charge in [0.25, 0.3) is 0 Å². The third kappa shape index (κ3) is 2.88. The molecule has 1 aliphatic rings. The Hall–Kier alpha value is -1.33. The number of furan rings is 1. The van der Waals surface area contributed by atoms with E-state index in [1.165, 1.54) is 0 Å². The fraction of sp³-hybridized carbons (Fsp3) is 0.667. The minimum atomic E-state index is -0.104. The lowest BCUT2D eigenvalue weighted by Crippen LogP contribution is -2.48. The molecule has 1 aromatic heterocycles. The molecule has 0 saturated carbocycles. The minimum Gasteiger partial charge on any atom is -0.465 e. The topological polar surface area (TPSA) is 71.5 Å². The fourth-order valence-electron chi connectivity index (χ4n) is 3.03. The van der Waals surface area contributed by atoms with Gasteiger partial charge in [0, 0.05) is 13.1 Å². The summed E-state index contributed by atoms with van der Waals surface area (Å²) in [4.78, 5) is 14.3. The lowest BCUT2D eigenvalue weighted by molar-refractivity contribution is -0.126. The lowest BCUT2D eigenvalue weighted by Gasteiger charge is -2.34. The number of nitrogens with one attached hydrogen (secondary N) is 1. The number of rotatable bonds is 5. The van der Waals surface area contributed by atoms with Gasteiger partial charge in [-0.2, -0.15) is 0 Å². The predicted octanol–water partition coefficient (Wildman–Crippen LogP) is 1.58. The van der Waals surface area contributed by atoms with Gasteiger partial charge in [-0.1, -0.05) is 6.92 Å². The Morgan fingerprint density at radius 1 is 1.60 bits per heavy atom. The molecule has 5 heteroatoms. The van der Waals surface area contributed by atoms with Crippen molar-refractivity contribution in [3.63, 3.8) is 0 Å². The quantitative estimate of drug-likeness (QED) is 0.858. The van der Waals surface area contributed by atoms with Crippen molar-refractivity contribution in [2.24, 2.45) is 5.73 Å². The number of likely N-dealkylation sites (tertiary alicyclic amines) is 1. The molecule has 1 aromatic rings. The van der Waals surface area contributed by atoms with Gasteiger partial charge in [0.15, 0.2) is 0 Å². The molecule has 0 aromatic carbocycles. The summed E-state index contributed by atoms with van der Waals surface area (Å²) in [6.45, 7) is 4.88. The first-order valence-corrected chi connectivity index (χ1v) is 7.37. The van der Waals surface area contributed by atoms with Crippen molar-refractivity contribution in [1.29, 1.82) is 0 Å². The van der Waals surface area contributed by atoms with Crippen molar-refractivity contribution >= 4 is 5.91 Å². The summed E-state index contributed by atoms with van der Waals surface area (Å²) in [7, 11) is 1.69. The summed E-state index contributed by atoms with van der Waals surface area (Å²) in [5.74, 6) is 1.82. The van der Waals surface area contributed by atoms with Gasteiger partial charge in [-0.15, -0.1) is 0 Å². The average Bonchev–Trinajstić information content (AvgIpc) is 3.08. The van der Waals surface area contributed by atoms with E-state index in [-0.39, 0.29) is 24.0 Å². The Morgan fingerprint density at radius 2 is 2.35 bits per heavy atom. The molecular formula is C15H25N3O2. The number of hydrogen-bond donors (Lipinski definition) is 2. The van der Waals surface area contributed by atoms with Crippen LogP contribution >= 0.6 is 0 Å². The molecule has 3 unspecified atom stereocenters. The first-order valence-electron chi connectivity index (χ1n) is 7.37. The summed E-state index contributed by atoms with van der Waals surface area (Å²) in [5.41, 5.74) is 6.31. The summed E-state index contributed by atoms with van der Waals surface area (Å²) in [5, 5.41) is 2.75. The molecule has 1 aliphatic heterocycles. The van der Waals surface area contributed by atoms with E-state index < -0.39 is 0 Å². The van der Waals surface area contributed by atoms with Crippen molar-refractivity contribution in [2.45, 2.75) is 51.2 Å². The highest BCUT2D eigenvalue weighted by Crippen LogP contribution is 2.33. The first kappa shape index (κ1) is 15.1. The summed E-state index contributed by atoms with van der Waals surface area (Å²) >= 11 is 0. The van der Waals surface area contributed by atoms with Gasteiger partial charge in [-0.05, 0) is 44.9 Å². The van der Waals surface area contributed by atoms with Crippen molar-refractivity contribution in [3.8, 4) is 0 Å². The Labute approximate surface area is 120 Å². The maximum absolute atomic E-state index is 12.1. The van der Waals surface area contributed by atoms with Crippen LogP contribution in [0.5, 0.6) is 0 Å². The highest BCUT2D eigenvalue weighted by atomic mass is 16.3. The third-order valence-electron chi connectivity index (χ3n) is 4.13. The molecule has 1 fully saturated rings. The van der Waals surface area contributed by atoms with Gasteiger partial charge in [0.1, 0.15) is 11.5 Å². The van der Waals surface area contributed by atoms with E-state index in [1.807, 2.05) is 19.1 Å². The van der Waals surface area contributed by atoms with E-state index in [0.717, 1.165) is 37.3 Å². The monoisotopic (exact) mass is 279 g/mol. The Kier molecular flexibility index (Phi) is 4.83. The molecule has 2 rings (SSSR count). The van der Waals surface area contributed by atoms with E-state index in [0.29, 0.717) is 0 Å². The molecule has 0 bridgehead atoms. The summed E-state index contributed by atoms with van der Waals surface area (Å²) < 4.78 is 5.79. The van der Waals surface area contributed by atoms with Gasteiger partial charge in [0.05, 0.1) is 12.1 Å². The average molecular weight is 279 g/mol. The third-order valence-corrected chi connectivity index (χ3v) is 4.13. The number of likely N-dealkylation sites (N-methyl/N-ethyl adjacent to an activating group) is 1. The van der Waals surface area contributed by atoms with Crippen LogP contribution in [0.25, 0.3) is 0 Å². The molecule has 5 nitrogen and oxygen atoms in total. The number of carbonyl (C=O) groups is 1. The molecule has 20 heavy (non-hydrogen) atoms. The number of nitrogens with two attached hydrogens (primary N) is 1. The van der Waals surface area contributed by atoms with Gasteiger partial charge in [-0.25, -0.2) is 0 Å². The van der Waals surface area contributed by atoms with E-state index in [2.05, 4.69) is 17.1 Å². The molecule has 112 valence electrons. The highest BCUT2D eigenvalue weighted by molar-refractivity contribution is 5.81. The zero-order valence-corrected chi connectivity index (χ0v) is 12.6. The van der Waals surface area contributed by atoms with E-state index >= 15 is 0 Å². The first-order chi connectivity index (χ1) is 9.58. The number of amides is 1. The molecule has 1 saturated heterocycles. The second-order valence-electron chi connectivity index (χ2n) is 5.48. The zero-order chi connectivity index (χ0) is 14.7. The van der Waals surface area contributed by atoms with Crippen LogP contribution in [0.1, 0.15) is 43.7 Å². The van der Waals surface area contributed by atoms with E-state index in [1.54, 1.807) is 7.05 Å². The van der Waals surface area contributed by atoms with Crippen molar-refractivity contribution < 1.29 is 9.21 Å². The minimum absolute atomic E-state index is 0.0292. The second kappa shape index (κ2) is 6.41. The Bertz CT molecular complexity index is 458. The maximum atomic E-state index is 12.1. The number of carbonyl (C=O) groups excluding carboxylic acids is 1. The molecule has 0 radical (unpaired) electrons. The number of nitrogens with zero attached hydrogens (tertiary/aromatic N) is 1. The predicted molar refractivity (Wildman–Crippen MR) is 78.2 cm³/mol. The molecule has 3 N–H and O–H groups in total. The van der Waals surface area contributed by atoms with Crippen LogP contribution in [-0.2, 0) is 4.79 Å². The molecule has 2 heterocycles. The molecule has 3 atom stereocenters. The van der Waals surface area contributed by atoms with Gasteiger partial charge in [0.2, 0.25) is 5.91 Å². The maximum Gasteiger partial charge on any atom is 0.237 e. The summed E-state index contributed by atoms with van der Waals surface area (Å²) in [6.07, 6.45) is 2.75. The zero-order valence-electron chi connectivity index (χ0n) is 12.6. The van der Waals surface area contributed by atoms with Crippen LogP contribution in [-0.4, -0.2) is 36.5 Å². The highest BCUT2D eigenvalue weighted by Gasteiger charge is 2.39. The van der Waals surface area contributed by atoms with Gasteiger partial charge < -0.3 is 15.5 Å².